The number of hydrazone groups is 1. The maximum absolute atomic E-state index is 12.8. The largest absolute Gasteiger partial charge is 0.416 e. The number of alkyl halides is 3. The van der Waals surface area contributed by atoms with Crippen LogP contribution in [0.15, 0.2) is 77.2 Å². The Bertz CT molecular complexity index is 1230. The third-order valence-electron chi connectivity index (χ3n) is 4.33. The zero-order chi connectivity index (χ0) is 21.1. The fourth-order valence-electron chi connectivity index (χ4n) is 2.93. The van der Waals surface area contributed by atoms with Crippen LogP contribution in [0.25, 0.3) is 21.5 Å². The van der Waals surface area contributed by atoms with Crippen LogP contribution in [0.2, 0.25) is 0 Å². The summed E-state index contributed by atoms with van der Waals surface area (Å²) in [5.41, 5.74) is 3.55. The third-order valence-corrected chi connectivity index (χ3v) is 5.22. The average Bonchev–Trinajstić information content (AvgIpc) is 3.27. The molecule has 0 atom stereocenters. The van der Waals surface area contributed by atoms with E-state index in [2.05, 4.69) is 15.5 Å². The van der Waals surface area contributed by atoms with Crippen LogP contribution in [0.3, 0.4) is 0 Å². The van der Waals surface area contributed by atoms with Gasteiger partial charge in [0.25, 0.3) is 5.91 Å². The van der Waals surface area contributed by atoms with Crippen LogP contribution in [0.1, 0.15) is 21.5 Å². The number of carbonyl (C=O) groups excluding carboxylic acids is 1. The van der Waals surface area contributed by atoms with Crippen molar-refractivity contribution in [1.29, 1.82) is 0 Å². The van der Waals surface area contributed by atoms with Crippen molar-refractivity contribution in [3.05, 3.63) is 88.8 Å². The summed E-state index contributed by atoms with van der Waals surface area (Å²) in [5, 5.41) is 6.41. The van der Waals surface area contributed by atoms with Gasteiger partial charge in [0.1, 0.15) is 0 Å². The molecule has 0 saturated heterocycles. The number of aromatic nitrogens is 1. The summed E-state index contributed by atoms with van der Waals surface area (Å²) in [6, 6.07) is 17.4. The molecule has 4 aromatic rings. The summed E-state index contributed by atoms with van der Waals surface area (Å²) in [5.74, 6) is -0.477. The van der Waals surface area contributed by atoms with Crippen molar-refractivity contribution in [3.63, 3.8) is 0 Å². The zero-order valence-corrected chi connectivity index (χ0v) is 16.2. The highest BCUT2D eigenvalue weighted by molar-refractivity contribution is 7.13. The Balaban J connectivity index is 1.61. The Hall–Kier alpha value is -3.52. The van der Waals surface area contributed by atoms with E-state index in [1.54, 1.807) is 18.2 Å². The van der Waals surface area contributed by atoms with Gasteiger partial charge in [-0.2, -0.15) is 18.3 Å². The molecule has 4 nitrogen and oxygen atoms in total. The summed E-state index contributed by atoms with van der Waals surface area (Å²) < 4.78 is 38.5. The van der Waals surface area contributed by atoms with Gasteiger partial charge in [-0.15, -0.1) is 11.3 Å². The van der Waals surface area contributed by atoms with Gasteiger partial charge in [-0.1, -0.05) is 36.4 Å². The number of hydrogen-bond acceptors (Lipinski definition) is 4. The van der Waals surface area contributed by atoms with Gasteiger partial charge < -0.3 is 0 Å². The molecular weight excluding hydrogens is 411 g/mol. The molecule has 0 saturated carbocycles. The molecule has 0 bridgehead atoms. The van der Waals surface area contributed by atoms with E-state index in [0.717, 1.165) is 17.0 Å². The smallest absolute Gasteiger partial charge is 0.267 e. The van der Waals surface area contributed by atoms with E-state index in [-0.39, 0.29) is 5.56 Å². The van der Waals surface area contributed by atoms with E-state index in [9.17, 15) is 18.0 Å². The number of benzene rings is 2. The van der Waals surface area contributed by atoms with Gasteiger partial charge in [-0.05, 0) is 41.3 Å². The SMILES string of the molecule is O=C(NN=Cc1cccc(C(F)(F)F)c1)c1cc(-c2cccs2)nc2ccccc12. The Kier molecular flexibility index (Phi) is 5.33. The summed E-state index contributed by atoms with van der Waals surface area (Å²) in [7, 11) is 0. The highest BCUT2D eigenvalue weighted by Crippen LogP contribution is 2.29. The minimum absolute atomic E-state index is 0.226. The van der Waals surface area contributed by atoms with Gasteiger partial charge in [0.05, 0.1) is 33.4 Å². The number of nitrogens with zero attached hydrogens (tertiary/aromatic N) is 2. The maximum Gasteiger partial charge on any atom is 0.416 e. The van der Waals surface area contributed by atoms with Crippen LogP contribution >= 0.6 is 11.3 Å². The second-order valence-corrected chi connectivity index (χ2v) is 7.32. The Morgan fingerprint density at radius 1 is 1.03 bits per heavy atom. The second kappa shape index (κ2) is 8.08. The predicted octanol–water partition coefficient (Wildman–Crippen LogP) is 5.75. The minimum Gasteiger partial charge on any atom is -0.267 e. The molecule has 1 N–H and O–H groups in total. The molecule has 0 fully saturated rings. The molecule has 1 amide bonds. The molecule has 0 spiro atoms. The number of para-hydroxylation sites is 1. The Morgan fingerprint density at radius 3 is 2.63 bits per heavy atom. The van der Waals surface area contributed by atoms with Gasteiger partial charge in [-0.3, -0.25) is 4.79 Å². The van der Waals surface area contributed by atoms with Crippen molar-refractivity contribution < 1.29 is 18.0 Å². The highest BCUT2D eigenvalue weighted by Gasteiger charge is 2.30. The lowest BCUT2D eigenvalue weighted by atomic mass is 10.1. The van der Waals surface area contributed by atoms with Crippen LogP contribution < -0.4 is 5.43 Å². The Labute approximate surface area is 173 Å². The number of pyridine rings is 1. The van der Waals surface area contributed by atoms with Crippen molar-refractivity contribution in [2.75, 3.05) is 0 Å². The number of carbonyl (C=O) groups is 1. The van der Waals surface area contributed by atoms with Crippen LogP contribution in [0, 0.1) is 0 Å². The molecule has 0 aliphatic rings. The second-order valence-electron chi connectivity index (χ2n) is 6.37. The molecule has 0 aliphatic heterocycles. The van der Waals surface area contributed by atoms with E-state index in [0.29, 0.717) is 22.2 Å². The molecule has 0 aliphatic carbocycles. The molecule has 150 valence electrons. The Morgan fingerprint density at radius 2 is 1.87 bits per heavy atom. The summed E-state index contributed by atoms with van der Waals surface area (Å²) in [6.45, 7) is 0. The van der Waals surface area contributed by atoms with Gasteiger partial charge in [-0.25, -0.2) is 10.4 Å². The standard InChI is InChI=1S/C22H14F3N3OS/c23-22(24,25)15-6-3-5-14(11-15)13-26-28-21(29)17-12-19(20-9-4-10-30-20)27-18-8-2-1-7-16(17)18/h1-13H,(H,28,29). The minimum atomic E-state index is -4.44. The first-order chi connectivity index (χ1) is 14.4. The summed E-state index contributed by atoms with van der Waals surface area (Å²) >= 11 is 1.51. The lowest BCUT2D eigenvalue weighted by Crippen LogP contribution is -2.18. The number of rotatable bonds is 4. The number of hydrogen-bond donors (Lipinski definition) is 1. The van der Waals surface area contributed by atoms with E-state index in [1.807, 2.05) is 29.6 Å². The number of thiophene rings is 1. The first-order valence-corrected chi connectivity index (χ1v) is 9.74. The van der Waals surface area contributed by atoms with Crippen molar-refractivity contribution in [3.8, 4) is 10.6 Å². The maximum atomic E-state index is 12.8. The normalized spacial score (nSPS) is 11.8. The molecule has 4 rings (SSSR count). The van der Waals surface area contributed by atoms with Gasteiger partial charge in [0.2, 0.25) is 0 Å². The van der Waals surface area contributed by atoms with E-state index in [1.165, 1.54) is 29.7 Å². The fourth-order valence-corrected chi connectivity index (χ4v) is 3.62. The lowest BCUT2D eigenvalue weighted by molar-refractivity contribution is -0.137. The number of fused-ring (bicyclic) bond motifs is 1. The van der Waals surface area contributed by atoms with Crippen molar-refractivity contribution >= 4 is 34.4 Å². The van der Waals surface area contributed by atoms with Crippen LogP contribution in [-0.2, 0) is 6.18 Å². The van der Waals surface area contributed by atoms with Gasteiger partial charge in [0, 0.05) is 5.39 Å². The first kappa shape index (κ1) is 19.8. The quantitative estimate of drug-likeness (QED) is 0.335. The molecule has 2 aromatic carbocycles. The highest BCUT2D eigenvalue weighted by atomic mass is 32.1. The number of halogens is 3. The van der Waals surface area contributed by atoms with E-state index in [4.69, 9.17) is 0 Å². The van der Waals surface area contributed by atoms with Gasteiger partial charge in [0.15, 0.2) is 0 Å². The van der Waals surface area contributed by atoms with Crippen molar-refractivity contribution in [2.45, 2.75) is 6.18 Å². The van der Waals surface area contributed by atoms with E-state index < -0.39 is 17.6 Å². The topological polar surface area (TPSA) is 54.4 Å². The summed E-state index contributed by atoms with van der Waals surface area (Å²) in [6.07, 6.45) is -3.27. The third kappa shape index (κ3) is 4.23. The van der Waals surface area contributed by atoms with E-state index >= 15 is 0 Å². The molecule has 2 heterocycles. The number of amides is 1. The van der Waals surface area contributed by atoms with Crippen LogP contribution in [0.4, 0.5) is 13.2 Å². The monoisotopic (exact) mass is 425 g/mol. The zero-order valence-electron chi connectivity index (χ0n) is 15.4. The summed E-state index contributed by atoms with van der Waals surface area (Å²) in [4.78, 5) is 18.3. The van der Waals surface area contributed by atoms with Crippen LogP contribution in [0.5, 0.6) is 0 Å². The lowest BCUT2D eigenvalue weighted by Gasteiger charge is -2.08. The molecule has 0 unspecified atom stereocenters. The van der Waals surface area contributed by atoms with Gasteiger partial charge >= 0.3 is 6.18 Å². The van der Waals surface area contributed by atoms with Crippen molar-refractivity contribution in [2.24, 2.45) is 5.10 Å². The molecule has 8 heteroatoms. The molecular formula is C22H14F3N3OS. The molecule has 0 radical (unpaired) electrons. The number of nitrogens with one attached hydrogen (secondary N) is 1. The molecule has 30 heavy (non-hydrogen) atoms. The van der Waals surface area contributed by atoms with Crippen LogP contribution in [-0.4, -0.2) is 17.1 Å². The first-order valence-electron chi connectivity index (χ1n) is 8.86. The molecule has 2 aromatic heterocycles. The predicted molar refractivity (Wildman–Crippen MR) is 112 cm³/mol. The van der Waals surface area contributed by atoms with Crippen molar-refractivity contribution in [1.82, 2.24) is 10.4 Å². The average molecular weight is 425 g/mol. The fraction of sp³-hybridized carbons (Fsp3) is 0.0455.